The molecule has 0 bridgehead atoms. The van der Waals surface area contributed by atoms with Gasteiger partial charge in [0.2, 0.25) is 0 Å². The first-order valence-electron chi connectivity index (χ1n) is 5.01. The zero-order chi connectivity index (χ0) is 10.6. The Hall–Kier alpha value is -1.18. The minimum atomic E-state index is 0.832. The molecule has 0 amide bonds. The quantitative estimate of drug-likeness (QED) is 0.548. The summed E-state index contributed by atoms with van der Waals surface area (Å²) in [6, 6.07) is 0. The highest BCUT2D eigenvalue weighted by Crippen LogP contribution is 2.28. The maximum Gasteiger partial charge on any atom is 0.138 e. The minimum Gasteiger partial charge on any atom is -0.490 e. The molecule has 14 heavy (non-hydrogen) atoms. The smallest absolute Gasteiger partial charge is 0.138 e. The van der Waals surface area contributed by atoms with Crippen molar-refractivity contribution in [1.82, 2.24) is 4.90 Å². The summed E-state index contributed by atoms with van der Waals surface area (Å²) >= 11 is 0. The minimum absolute atomic E-state index is 0.832. The van der Waals surface area contributed by atoms with Crippen LogP contribution in [0.15, 0.2) is 36.3 Å². The lowest BCUT2D eigenvalue weighted by molar-refractivity contribution is 0.146. The molecule has 2 rings (SSSR count). The number of hydrogen-bond donors (Lipinski definition) is 0. The van der Waals surface area contributed by atoms with Crippen LogP contribution < -0.4 is 0 Å². The van der Waals surface area contributed by atoms with Crippen molar-refractivity contribution in [2.75, 3.05) is 20.2 Å². The molecule has 1 aliphatic carbocycles. The molecule has 2 aliphatic rings. The number of hydrogen-bond acceptors (Lipinski definition) is 2. The molecule has 1 aliphatic heterocycles. The van der Waals surface area contributed by atoms with E-state index in [0.29, 0.717) is 0 Å². The Morgan fingerprint density at radius 3 is 2.79 bits per heavy atom. The molecule has 2 heteroatoms. The summed E-state index contributed by atoms with van der Waals surface area (Å²) in [6.45, 7) is 10.0. The molecule has 2 nitrogen and oxygen atoms in total. The van der Waals surface area contributed by atoms with Crippen molar-refractivity contribution in [3.05, 3.63) is 36.3 Å². The molecule has 0 aromatic carbocycles. The van der Waals surface area contributed by atoms with E-state index in [2.05, 4.69) is 38.1 Å². The van der Waals surface area contributed by atoms with Crippen molar-refractivity contribution in [2.24, 2.45) is 0 Å². The molecular weight excluding hydrogens is 174 g/mol. The zero-order valence-corrected chi connectivity index (χ0v) is 9.18. The van der Waals surface area contributed by atoms with Gasteiger partial charge in [-0.15, -0.1) is 13.2 Å². The van der Waals surface area contributed by atoms with Crippen molar-refractivity contribution in [3.8, 4) is 0 Å². The first kappa shape index (κ1) is 10.9. The monoisotopic (exact) mass is 193 g/mol. The lowest BCUT2D eigenvalue weighted by Gasteiger charge is -2.32. The number of allylic oxidation sites excluding steroid dienone is 3. The maximum absolute atomic E-state index is 5.58. The second-order valence-electron chi connectivity index (χ2n) is 3.57. The maximum atomic E-state index is 5.58. The van der Waals surface area contributed by atoms with E-state index < -0.39 is 0 Å². The van der Waals surface area contributed by atoms with Gasteiger partial charge >= 0.3 is 0 Å². The molecule has 0 radical (unpaired) electrons. The van der Waals surface area contributed by atoms with Gasteiger partial charge in [0.15, 0.2) is 0 Å². The summed E-state index contributed by atoms with van der Waals surface area (Å²) < 4.78 is 5.58. The first-order valence-corrected chi connectivity index (χ1v) is 5.01. The molecule has 0 atom stereocenters. The summed E-state index contributed by atoms with van der Waals surface area (Å²) in [5.74, 6) is 1.10. The summed E-state index contributed by atoms with van der Waals surface area (Å²) in [4.78, 5) is 2.31. The van der Waals surface area contributed by atoms with E-state index in [0.717, 1.165) is 25.3 Å². The van der Waals surface area contributed by atoms with Gasteiger partial charge in [-0.1, -0.05) is 5.57 Å². The van der Waals surface area contributed by atoms with Gasteiger partial charge in [-0.25, -0.2) is 0 Å². The third-order valence-corrected chi connectivity index (χ3v) is 2.56. The van der Waals surface area contributed by atoms with Crippen molar-refractivity contribution < 1.29 is 4.74 Å². The molecule has 0 saturated heterocycles. The van der Waals surface area contributed by atoms with Crippen LogP contribution in [0.25, 0.3) is 0 Å². The second-order valence-corrected chi connectivity index (χ2v) is 3.57. The lowest BCUT2D eigenvalue weighted by atomic mass is 10.0. The molecule has 0 N–H and O–H groups in total. The van der Waals surface area contributed by atoms with Crippen LogP contribution in [0.5, 0.6) is 0 Å². The highest BCUT2D eigenvalue weighted by Gasteiger charge is 2.19. The summed E-state index contributed by atoms with van der Waals surface area (Å²) in [7, 11) is 2.15. The van der Waals surface area contributed by atoms with Gasteiger partial charge in [0.05, 0.1) is 12.2 Å². The average Bonchev–Trinajstić information content (AvgIpc) is 2.21. The fourth-order valence-electron chi connectivity index (χ4n) is 1.75. The second kappa shape index (κ2) is 4.89. The van der Waals surface area contributed by atoms with Crippen molar-refractivity contribution in [1.29, 1.82) is 0 Å². The Bertz CT molecular complexity index is 265. The van der Waals surface area contributed by atoms with E-state index >= 15 is 0 Å². The molecule has 0 aromatic heterocycles. The van der Waals surface area contributed by atoms with Gasteiger partial charge in [0.1, 0.15) is 12.4 Å². The topological polar surface area (TPSA) is 12.5 Å². The molecular formula is C12H19NO. The summed E-state index contributed by atoms with van der Waals surface area (Å²) in [5.41, 5.74) is 2.82. The van der Waals surface area contributed by atoms with Crippen LogP contribution in [0.3, 0.4) is 0 Å². The van der Waals surface area contributed by atoms with E-state index in [4.69, 9.17) is 4.74 Å². The lowest BCUT2D eigenvalue weighted by Crippen LogP contribution is -2.29. The summed E-state index contributed by atoms with van der Waals surface area (Å²) in [5, 5.41) is 0. The fraction of sp³-hybridized carbons (Fsp3) is 0.500. The molecule has 0 saturated carbocycles. The van der Waals surface area contributed by atoms with Gasteiger partial charge in [-0.05, 0) is 25.8 Å². The van der Waals surface area contributed by atoms with E-state index in [1.54, 1.807) is 0 Å². The number of nitrogens with zero attached hydrogens (tertiary/aromatic N) is 1. The Morgan fingerprint density at radius 2 is 2.07 bits per heavy atom. The number of rotatable bonds is 0. The van der Waals surface area contributed by atoms with Gasteiger partial charge in [-0.3, -0.25) is 0 Å². The van der Waals surface area contributed by atoms with Crippen LogP contribution in [0, 0.1) is 0 Å². The normalized spacial score (nSPS) is 20.1. The molecule has 0 spiro atoms. The van der Waals surface area contributed by atoms with Gasteiger partial charge in [-0.2, -0.15) is 0 Å². The van der Waals surface area contributed by atoms with E-state index in [-0.39, 0.29) is 0 Å². The van der Waals surface area contributed by atoms with Crippen LogP contribution in [-0.2, 0) is 4.74 Å². The Kier molecular flexibility index (Phi) is 3.81. The number of likely N-dealkylation sites (N-methyl/N-ethyl adjacent to an activating group) is 1. The first-order chi connectivity index (χ1) is 6.77. The predicted octanol–water partition coefficient (Wildman–Crippen LogP) is 2.70. The SMILES string of the molecule is C=C.CC1=CC2=C(CC1)N(C)CCO2. The molecule has 0 fully saturated rings. The predicted molar refractivity (Wildman–Crippen MR) is 59.9 cm³/mol. The van der Waals surface area contributed by atoms with E-state index in [1.807, 2.05) is 0 Å². The molecule has 0 unspecified atom stereocenters. The van der Waals surface area contributed by atoms with Gasteiger partial charge in [0, 0.05) is 7.05 Å². The van der Waals surface area contributed by atoms with Crippen LogP contribution >= 0.6 is 0 Å². The Morgan fingerprint density at radius 1 is 1.36 bits per heavy atom. The largest absolute Gasteiger partial charge is 0.490 e. The fourth-order valence-corrected chi connectivity index (χ4v) is 1.75. The van der Waals surface area contributed by atoms with Crippen LogP contribution in [0.2, 0.25) is 0 Å². The van der Waals surface area contributed by atoms with Crippen LogP contribution in [-0.4, -0.2) is 25.1 Å². The summed E-state index contributed by atoms with van der Waals surface area (Å²) in [6.07, 6.45) is 4.51. The zero-order valence-electron chi connectivity index (χ0n) is 9.18. The third-order valence-electron chi connectivity index (χ3n) is 2.56. The van der Waals surface area contributed by atoms with Crippen molar-refractivity contribution >= 4 is 0 Å². The number of ether oxygens (including phenoxy) is 1. The van der Waals surface area contributed by atoms with Crippen molar-refractivity contribution in [3.63, 3.8) is 0 Å². The highest BCUT2D eigenvalue weighted by molar-refractivity contribution is 5.29. The van der Waals surface area contributed by atoms with Crippen molar-refractivity contribution in [2.45, 2.75) is 19.8 Å². The molecule has 0 aromatic rings. The van der Waals surface area contributed by atoms with Crippen LogP contribution in [0.1, 0.15) is 19.8 Å². The van der Waals surface area contributed by atoms with Gasteiger partial charge in [0.25, 0.3) is 0 Å². The standard InChI is InChI=1S/C10H15NO.C2H4/c1-8-3-4-9-10(7-8)12-6-5-11(9)2;1-2/h7H,3-6H2,1-2H3;1-2H2. The Labute approximate surface area is 86.6 Å². The molecule has 78 valence electrons. The van der Waals surface area contributed by atoms with Crippen LogP contribution in [0.4, 0.5) is 0 Å². The highest BCUT2D eigenvalue weighted by atomic mass is 16.5. The average molecular weight is 193 g/mol. The van der Waals surface area contributed by atoms with Gasteiger partial charge < -0.3 is 9.64 Å². The molecule has 1 heterocycles. The third kappa shape index (κ3) is 2.19. The van der Waals surface area contributed by atoms with E-state index in [1.165, 1.54) is 17.7 Å². The Balaban J connectivity index is 0.000000461. The van der Waals surface area contributed by atoms with E-state index in [9.17, 15) is 0 Å².